The van der Waals surface area contributed by atoms with Gasteiger partial charge in [-0.1, -0.05) is 54.9 Å². The fourth-order valence-electron chi connectivity index (χ4n) is 4.52. The van der Waals surface area contributed by atoms with Gasteiger partial charge >= 0.3 is 5.97 Å². The van der Waals surface area contributed by atoms with Gasteiger partial charge in [0.05, 0.1) is 22.1 Å². The lowest BCUT2D eigenvalue weighted by molar-refractivity contribution is -0.0166. The van der Waals surface area contributed by atoms with Gasteiger partial charge in [0.25, 0.3) is 0 Å². The van der Waals surface area contributed by atoms with E-state index in [1.165, 1.54) is 0 Å². The number of likely N-dealkylation sites (tertiary alicyclic amines) is 1. The molecule has 1 saturated heterocycles. The molecule has 0 saturated carbocycles. The molecule has 0 aliphatic carbocycles. The summed E-state index contributed by atoms with van der Waals surface area (Å²) in [7, 11) is 0. The lowest BCUT2D eigenvalue weighted by atomic mass is 9.86. The Labute approximate surface area is 188 Å². The van der Waals surface area contributed by atoms with Crippen molar-refractivity contribution in [1.82, 2.24) is 9.88 Å². The van der Waals surface area contributed by atoms with Crippen molar-refractivity contribution < 1.29 is 9.53 Å². The molecule has 31 heavy (non-hydrogen) atoms. The van der Waals surface area contributed by atoms with Gasteiger partial charge in [-0.3, -0.25) is 9.88 Å². The first kappa shape index (κ1) is 21.5. The second-order valence-electron chi connectivity index (χ2n) is 7.95. The van der Waals surface area contributed by atoms with Crippen LogP contribution < -0.4 is 0 Å². The van der Waals surface area contributed by atoms with Gasteiger partial charge in [0.15, 0.2) is 0 Å². The third kappa shape index (κ3) is 4.51. The molecule has 4 rings (SSSR count). The zero-order valence-corrected chi connectivity index (χ0v) is 18.5. The molecule has 0 spiro atoms. The summed E-state index contributed by atoms with van der Waals surface area (Å²) in [5.41, 5.74) is 2.25. The third-order valence-electron chi connectivity index (χ3n) is 6.18. The van der Waals surface area contributed by atoms with E-state index < -0.39 is 12.1 Å². The topological polar surface area (TPSA) is 42.4 Å². The zero-order chi connectivity index (χ0) is 21.8. The van der Waals surface area contributed by atoms with Crippen molar-refractivity contribution >= 4 is 28.5 Å². The number of hydrogen-bond donors (Lipinski definition) is 0. The Balaban J connectivity index is 1.76. The van der Waals surface area contributed by atoms with E-state index >= 15 is 0 Å². The second-order valence-corrected chi connectivity index (χ2v) is 8.36. The molecule has 3 atom stereocenters. The highest BCUT2D eigenvalue weighted by atomic mass is 35.5. The van der Waals surface area contributed by atoms with Gasteiger partial charge in [0.2, 0.25) is 0 Å². The van der Waals surface area contributed by atoms with Crippen LogP contribution in [0, 0.1) is 5.92 Å². The molecule has 2 aromatic carbocycles. The minimum Gasteiger partial charge on any atom is -0.452 e. The summed E-state index contributed by atoms with van der Waals surface area (Å²) in [6, 6.07) is 17.1. The van der Waals surface area contributed by atoms with Gasteiger partial charge in [0, 0.05) is 23.7 Å². The number of carbonyl (C=O) groups is 1. The number of para-hydroxylation sites is 1. The predicted octanol–water partition coefficient (Wildman–Crippen LogP) is 6.07. The highest BCUT2D eigenvalue weighted by molar-refractivity contribution is 6.33. The number of aromatic nitrogens is 1. The lowest BCUT2D eigenvalue weighted by Crippen LogP contribution is -2.47. The van der Waals surface area contributed by atoms with Crippen LogP contribution in [0.15, 0.2) is 73.4 Å². The highest BCUT2D eigenvalue weighted by Crippen LogP contribution is 2.37. The van der Waals surface area contributed by atoms with Crippen molar-refractivity contribution in [3.05, 3.63) is 89.6 Å². The van der Waals surface area contributed by atoms with Crippen molar-refractivity contribution in [2.75, 3.05) is 13.1 Å². The SMILES string of the molecule is C=CC1CCC(C(OC(=O)c2ccccc2Cl)c2ccnc3ccccc23)N(CC)C1. The number of pyridine rings is 1. The number of likely N-dealkylation sites (N-methyl/N-ethyl adjacent to an activating group) is 1. The maximum Gasteiger partial charge on any atom is 0.340 e. The van der Waals surface area contributed by atoms with E-state index in [0.717, 1.165) is 42.4 Å². The fourth-order valence-corrected chi connectivity index (χ4v) is 4.73. The van der Waals surface area contributed by atoms with E-state index in [0.29, 0.717) is 16.5 Å². The number of benzene rings is 2. The summed E-state index contributed by atoms with van der Waals surface area (Å²) in [6.45, 7) is 7.92. The Bertz CT molecular complexity index is 1080. The van der Waals surface area contributed by atoms with Crippen LogP contribution in [0.2, 0.25) is 5.02 Å². The minimum atomic E-state index is -0.428. The number of fused-ring (bicyclic) bond motifs is 1. The van der Waals surface area contributed by atoms with E-state index in [4.69, 9.17) is 16.3 Å². The summed E-state index contributed by atoms with van der Waals surface area (Å²) in [5.74, 6) is 0.0451. The Hall–Kier alpha value is -2.69. The summed E-state index contributed by atoms with van der Waals surface area (Å²) < 4.78 is 6.23. The van der Waals surface area contributed by atoms with Crippen LogP contribution >= 0.6 is 11.6 Å². The number of hydrogen-bond acceptors (Lipinski definition) is 4. The molecule has 0 bridgehead atoms. The molecule has 1 aliphatic heterocycles. The Morgan fingerprint density at radius 1 is 1.23 bits per heavy atom. The number of ether oxygens (including phenoxy) is 1. The normalized spacial score (nSPS) is 20.3. The van der Waals surface area contributed by atoms with Crippen LogP contribution in [0.25, 0.3) is 10.9 Å². The summed E-state index contributed by atoms with van der Waals surface area (Å²) in [4.78, 5) is 20.1. The van der Waals surface area contributed by atoms with Gasteiger partial charge < -0.3 is 4.74 Å². The molecule has 4 nitrogen and oxygen atoms in total. The number of carbonyl (C=O) groups excluding carboxylic acids is 1. The molecule has 1 aromatic heterocycles. The maximum absolute atomic E-state index is 13.2. The van der Waals surface area contributed by atoms with Crippen molar-refractivity contribution in [3.8, 4) is 0 Å². The minimum absolute atomic E-state index is 0.0680. The molecule has 1 aliphatic rings. The first-order chi connectivity index (χ1) is 15.1. The second kappa shape index (κ2) is 9.63. The molecule has 0 N–H and O–H groups in total. The highest BCUT2D eigenvalue weighted by Gasteiger charge is 2.36. The predicted molar refractivity (Wildman–Crippen MR) is 125 cm³/mol. The summed E-state index contributed by atoms with van der Waals surface area (Å²) in [6.07, 6.45) is 5.34. The van der Waals surface area contributed by atoms with Crippen LogP contribution in [-0.4, -0.2) is 35.0 Å². The van der Waals surface area contributed by atoms with Crippen LogP contribution in [-0.2, 0) is 4.74 Å². The van der Waals surface area contributed by atoms with Crippen LogP contribution in [0.5, 0.6) is 0 Å². The lowest BCUT2D eigenvalue weighted by Gasteiger charge is -2.42. The van der Waals surface area contributed by atoms with Gasteiger partial charge in [-0.2, -0.15) is 0 Å². The van der Waals surface area contributed by atoms with Crippen molar-refractivity contribution in [1.29, 1.82) is 0 Å². The van der Waals surface area contributed by atoms with E-state index in [9.17, 15) is 4.79 Å². The Kier molecular flexibility index (Phi) is 6.69. The molecule has 0 radical (unpaired) electrons. The van der Waals surface area contributed by atoms with E-state index in [1.54, 1.807) is 24.4 Å². The zero-order valence-electron chi connectivity index (χ0n) is 17.7. The number of halogens is 1. The molecule has 3 unspecified atom stereocenters. The number of nitrogens with zero attached hydrogens (tertiary/aromatic N) is 2. The monoisotopic (exact) mass is 434 g/mol. The third-order valence-corrected chi connectivity index (χ3v) is 6.51. The first-order valence-electron chi connectivity index (χ1n) is 10.8. The van der Waals surface area contributed by atoms with Gasteiger partial charge in [-0.25, -0.2) is 4.79 Å². The summed E-state index contributed by atoms with van der Waals surface area (Å²) >= 11 is 6.29. The van der Waals surface area contributed by atoms with E-state index in [1.807, 2.05) is 42.5 Å². The number of esters is 1. The molecular formula is C26H27ClN2O2. The quantitative estimate of drug-likeness (QED) is 0.348. The standard InChI is InChI=1S/C26H27ClN2O2/c1-3-18-13-14-24(29(4-2)17-18)25(31-26(30)21-10-5-7-11-22(21)27)20-15-16-28-23-12-8-6-9-19(20)23/h3,5-12,15-16,18,24-25H,1,4,13-14,17H2,2H3. The maximum atomic E-state index is 13.2. The van der Waals surface area contributed by atoms with Gasteiger partial charge in [-0.15, -0.1) is 6.58 Å². The largest absolute Gasteiger partial charge is 0.452 e. The summed E-state index contributed by atoms with van der Waals surface area (Å²) in [5, 5.41) is 1.40. The Morgan fingerprint density at radius 3 is 2.77 bits per heavy atom. The molecule has 3 aromatic rings. The number of rotatable bonds is 6. The fraction of sp³-hybridized carbons (Fsp3) is 0.308. The van der Waals surface area contributed by atoms with E-state index in [-0.39, 0.29) is 6.04 Å². The smallest absolute Gasteiger partial charge is 0.340 e. The van der Waals surface area contributed by atoms with Crippen molar-refractivity contribution in [3.63, 3.8) is 0 Å². The van der Waals surface area contributed by atoms with Crippen LogP contribution in [0.4, 0.5) is 0 Å². The molecule has 2 heterocycles. The molecule has 0 amide bonds. The van der Waals surface area contributed by atoms with Gasteiger partial charge in [-0.05, 0) is 49.6 Å². The first-order valence-corrected chi connectivity index (χ1v) is 11.2. The molecule has 5 heteroatoms. The molecule has 160 valence electrons. The molecule has 1 fully saturated rings. The van der Waals surface area contributed by atoms with E-state index in [2.05, 4.69) is 23.4 Å². The average molecular weight is 435 g/mol. The van der Waals surface area contributed by atoms with Crippen LogP contribution in [0.3, 0.4) is 0 Å². The van der Waals surface area contributed by atoms with Crippen molar-refractivity contribution in [2.24, 2.45) is 5.92 Å². The molecular weight excluding hydrogens is 408 g/mol. The number of piperidine rings is 1. The average Bonchev–Trinajstić information content (AvgIpc) is 2.82. The Morgan fingerprint density at radius 2 is 2.00 bits per heavy atom. The van der Waals surface area contributed by atoms with Crippen molar-refractivity contribution in [2.45, 2.75) is 31.9 Å². The van der Waals surface area contributed by atoms with Crippen LogP contribution in [0.1, 0.15) is 41.8 Å². The van der Waals surface area contributed by atoms with Gasteiger partial charge in [0.1, 0.15) is 6.10 Å².